The third kappa shape index (κ3) is 2.79. The van der Waals surface area contributed by atoms with Crippen molar-refractivity contribution >= 4 is 0 Å². The normalized spacial score (nSPS) is 29.5. The summed E-state index contributed by atoms with van der Waals surface area (Å²) in [6.07, 6.45) is 1.53. The molecule has 0 aliphatic carbocycles. The maximum Gasteiger partial charge on any atom is 0.119 e. The van der Waals surface area contributed by atoms with Crippen molar-refractivity contribution in [3.63, 3.8) is 0 Å². The zero-order valence-corrected chi connectivity index (χ0v) is 10.8. The summed E-state index contributed by atoms with van der Waals surface area (Å²) in [6.45, 7) is 2.90. The van der Waals surface area contributed by atoms with Crippen molar-refractivity contribution in [2.24, 2.45) is 0 Å². The Morgan fingerprint density at radius 2 is 2.29 bits per heavy atom. The van der Waals surface area contributed by atoms with E-state index in [1.165, 1.54) is 0 Å². The number of hydrogen-bond donors (Lipinski definition) is 1. The number of benzene rings is 1. The molecule has 0 radical (unpaired) electrons. The second-order valence-corrected chi connectivity index (χ2v) is 5.22. The van der Waals surface area contributed by atoms with E-state index in [-0.39, 0.29) is 0 Å². The van der Waals surface area contributed by atoms with Gasteiger partial charge in [-0.2, -0.15) is 0 Å². The first-order chi connectivity index (χ1) is 8.02. The quantitative estimate of drug-likeness (QED) is 0.865. The molecule has 1 heterocycles. The van der Waals surface area contributed by atoms with Crippen molar-refractivity contribution in [1.82, 2.24) is 4.90 Å². The third-order valence-corrected chi connectivity index (χ3v) is 3.64. The number of ether oxygens (including phenoxy) is 1. The molecule has 17 heavy (non-hydrogen) atoms. The van der Waals surface area contributed by atoms with Crippen LogP contribution in [0, 0.1) is 0 Å². The van der Waals surface area contributed by atoms with Gasteiger partial charge in [0.05, 0.1) is 12.7 Å². The molecule has 0 saturated carbocycles. The lowest BCUT2D eigenvalue weighted by atomic mass is 9.92. The smallest absolute Gasteiger partial charge is 0.119 e. The van der Waals surface area contributed by atoms with Crippen LogP contribution in [0.25, 0.3) is 0 Å². The lowest BCUT2D eigenvalue weighted by Crippen LogP contribution is -2.34. The van der Waals surface area contributed by atoms with E-state index in [0.717, 1.165) is 24.3 Å². The van der Waals surface area contributed by atoms with Gasteiger partial charge in [0.15, 0.2) is 0 Å². The summed E-state index contributed by atoms with van der Waals surface area (Å²) in [4.78, 5) is 2.21. The number of methoxy groups -OCH3 is 1. The summed E-state index contributed by atoms with van der Waals surface area (Å²) in [5.74, 6) is 0.852. The highest BCUT2D eigenvalue weighted by molar-refractivity contribution is 5.29. The number of likely N-dealkylation sites (N-methyl/N-ethyl adjacent to an activating group) is 1. The minimum Gasteiger partial charge on any atom is -0.497 e. The highest BCUT2D eigenvalue weighted by Crippen LogP contribution is 2.29. The summed E-state index contributed by atoms with van der Waals surface area (Å²) >= 11 is 0. The molecule has 1 aromatic rings. The lowest BCUT2D eigenvalue weighted by molar-refractivity contribution is 0.0520. The van der Waals surface area contributed by atoms with Crippen LogP contribution < -0.4 is 4.74 Å². The minimum atomic E-state index is -0.597. The molecule has 0 amide bonds. The first kappa shape index (κ1) is 12.4. The lowest BCUT2D eigenvalue weighted by Gasteiger charge is -2.22. The van der Waals surface area contributed by atoms with E-state index < -0.39 is 5.60 Å². The molecule has 2 rings (SSSR count). The number of β-amino-alcohol motifs (C(OH)–C–C–N with tert-alkyl or cyclic N) is 1. The Balaban J connectivity index is 2.10. The highest BCUT2D eigenvalue weighted by atomic mass is 16.5. The van der Waals surface area contributed by atoms with Crippen LogP contribution >= 0.6 is 0 Å². The van der Waals surface area contributed by atoms with Crippen molar-refractivity contribution in [3.05, 3.63) is 29.8 Å². The van der Waals surface area contributed by atoms with Gasteiger partial charge in [0.25, 0.3) is 0 Å². The fourth-order valence-electron chi connectivity index (χ4n) is 2.68. The first-order valence-electron chi connectivity index (χ1n) is 6.08. The van der Waals surface area contributed by atoms with Gasteiger partial charge < -0.3 is 14.7 Å². The second kappa shape index (κ2) is 4.67. The zero-order chi connectivity index (χ0) is 12.5. The van der Waals surface area contributed by atoms with Crippen LogP contribution in [0.4, 0.5) is 0 Å². The van der Waals surface area contributed by atoms with Gasteiger partial charge in [-0.1, -0.05) is 12.1 Å². The van der Waals surface area contributed by atoms with E-state index in [2.05, 4.69) is 18.9 Å². The van der Waals surface area contributed by atoms with Crippen LogP contribution in [-0.4, -0.2) is 42.4 Å². The monoisotopic (exact) mass is 235 g/mol. The Kier molecular flexibility index (Phi) is 3.40. The van der Waals surface area contributed by atoms with Gasteiger partial charge in [-0.05, 0) is 38.1 Å². The fourth-order valence-corrected chi connectivity index (χ4v) is 2.68. The number of aliphatic hydroxyl groups is 1. The van der Waals surface area contributed by atoms with Crippen molar-refractivity contribution in [2.75, 3.05) is 20.7 Å². The molecular formula is C14H21NO2. The minimum absolute atomic E-state index is 0.450. The number of rotatable bonds is 3. The number of nitrogens with zero attached hydrogens (tertiary/aromatic N) is 1. The topological polar surface area (TPSA) is 32.7 Å². The standard InChI is InChI=1S/C14H21NO2/c1-11-8-14(16,10-15(11)2)9-12-5-4-6-13(7-12)17-3/h4-7,11,16H,8-10H2,1-3H3. The Bertz CT molecular complexity index is 382. The van der Waals surface area contributed by atoms with Crippen LogP contribution in [0.5, 0.6) is 5.75 Å². The Morgan fingerprint density at radius 1 is 1.53 bits per heavy atom. The summed E-state index contributed by atoms with van der Waals surface area (Å²) in [5, 5.41) is 10.6. The molecule has 3 nitrogen and oxygen atoms in total. The number of hydrogen-bond acceptors (Lipinski definition) is 3. The molecule has 3 heteroatoms. The van der Waals surface area contributed by atoms with Gasteiger partial charge in [0.1, 0.15) is 5.75 Å². The second-order valence-electron chi connectivity index (χ2n) is 5.22. The van der Waals surface area contributed by atoms with Gasteiger partial charge >= 0.3 is 0 Å². The average Bonchev–Trinajstić information content (AvgIpc) is 2.52. The zero-order valence-electron chi connectivity index (χ0n) is 10.8. The Labute approximate surface area is 103 Å². The first-order valence-corrected chi connectivity index (χ1v) is 6.08. The largest absolute Gasteiger partial charge is 0.497 e. The molecule has 0 aromatic heterocycles. The van der Waals surface area contributed by atoms with Crippen molar-refractivity contribution < 1.29 is 9.84 Å². The molecule has 1 fully saturated rings. The molecule has 94 valence electrons. The van der Waals surface area contributed by atoms with E-state index >= 15 is 0 Å². The average molecular weight is 235 g/mol. The number of likely N-dealkylation sites (tertiary alicyclic amines) is 1. The molecule has 1 saturated heterocycles. The fraction of sp³-hybridized carbons (Fsp3) is 0.571. The molecule has 1 aromatic carbocycles. The predicted octanol–water partition coefficient (Wildman–Crippen LogP) is 1.69. The van der Waals surface area contributed by atoms with Gasteiger partial charge in [-0.25, -0.2) is 0 Å². The molecular weight excluding hydrogens is 214 g/mol. The van der Waals surface area contributed by atoms with E-state index in [1.54, 1.807) is 7.11 Å². The van der Waals surface area contributed by atoms with Crippen LogP contribution in [0.2, 0.25) is 0 Å². The molecule has 2 atom stereocenters. The predicted molar refractivity (Wildman–Crippen MR) is 68.4 cm³/mol. The summed E-state index contributed by atoms with van der Waals surface area (Å²) in [6, 6.07) is 8.40. The summed E-state index contributed by atoms with van der Waals surface area (Å²) in [7, 11) is 3.73. The molecule has 1 aliphatic heterocycles. The van der Waals surface area contributed by atoms with E-state index in [4.69, 9.17) is 4.74 Å². The van der Waals surface area contributed by atoms with Crippen LogP contribution in [0.15, 0.2) is 24.3 Å². The van der Waals surface area contributed by atoms with Crippen molar-refractivity contribution in [1.29, 1.82) is 0 Å². The van der Waals surface area contributed by atoms with E-state index in [1.807, 2.05) is 24.3 Å². The molecule has 1 aliphatic rings. The summed E-state index contributed by atoms with van der Waals surface area (Å²) in [5.41, 5.74) is 0.537. The Morgan fingerprint density at radius 3 is 2.88 bits per heavy atom. The molecule has 0 bridgehead atoms. The Hall–Kier alpha value is -1.06. The maximum absolute atomic E-state index is 10.6. The van der Waals surface area contributed by atoms with Crippen molar-refractivity contribution in [2.45, 2.75) is 31.4 Å². The maximum atomic E-state index is 10.6. The van der Waals surface area contributed by atoms with Crippen molar-refractivity contribution in [3.8, 4) is 5.75 Å². The molecule has 1 N–H and O–H groups in total. The SMILES string of the molecule is COc1cccc(CC2(O)CC(C)N(C)C2)c1. The van der Waals surface area contributed by atoms with Crippen LogP contribution in [0.3, 0.4) is 0 Å². The third-order valence-electron chi connectivity index (χ3n) is 3.64. The highest BCUT2D eigenvalue weighted by Gasteiger charge is 2.38. The van der Waals surface area contributed by atoms with Gasteiger partial charge in [0, 0.05) is 19.0 Å². The van der Waals surface area contributed by atoms with Gasteiger partial charge in [0.2, 0.25) is 0 Å². The van der Waals surface area contributed by atoms with Crippen LogP contribution in [-0.2, 0) is 6.42 Å². The molecule has 0 spiro atoms. The molecule has 2 unspecified atom stereocenters. The van der Waals surface area contributed by atoms with Crippen LogP contribution in [0.1, 0.15) is 18.9 Å². The van der Waals surface area contributed by atoms with E-state index in [0.29, 0.717) is 12.5 Å². The van der Waals surface area contributed by atoms with Gasteiger partial charge in [-0.3, -0.25) is 0 Å². The van der Waals surface area contributed by atoms with E-state index in [9.17, 15) is 5.11 Å². The van der Waals surface area contributed by atoms with Gasteiger partial charge in [-0.15, -0.1) is 0 Å². The summed E-state index contributed by atoms with van der Waals surface area (Å²) < 4.78 is 5.20.